The van der Waals surface area contributed by atoms with Crippen molar-refractivity contribution in [2.75, 3.05) is 50.0 Å². The largest absolute Gasteiger partial charge is 0.379 e. The number of nitrogens with zero attached hydrogens (tertiary/aromatic N) is 4. The first-order valence-corrected chi connectivity index (χ1v) is 15.4. The van der Waals surface area contributed by atoms with E-state index in [9.17, 15) is 14.4 Å². The summed E-state index contributed by atoms with van der Waals surface area (Å²) in [5, 5.41) is 13.0. The maximum atomic E-state index is 13.0. The maximum Gasteiger partial charge on any atom is 0.323 e. The van der Waals surface area contributed by atoms with Crippen LogP contribution in [0.5, 0.6) is 0 Å². The third-order valence-corrected chi connectivity index (χ3v) is 7.84. The topological polar surface area (TPSA) is 130 Å². The van der Waals surface area contributed by atoms with E-state index in [1.54, 1.807) is 13.0 Å². The monoisotopic (exact) mass is 649 g/mol. The van der Waals surface area contributed by atoms with E-state index in [2.05, 4.69) is 30.9 Å². The van der Waals surface area contributed by atoms with E-state index in [0.717, 1.165) is 56.0 Å². The van der Waals surface area contributed by atoms with Crippen LogP contribution in [0.15, 0.2) is 71.8 Å². The van der Waals surface area contributed by atoms with Gasteiger partial charge in [-0.05, 0) is 55.3 Å². The summed E-state index contributed by atoms with van der Waals surface area (Å²) in [6.07, 6.45) is 3.56. The number of hydrogen-bond acceptors (Lipinski definition) is 7. The van der Waals surface area contributed by atoms with Gasteiger partial charge in [0.1, 0.15) is 5.69 Å². The second-order valence-electron chi connectivity index (χ2n) is 10.3. The lowest BCUT2D eigenvalue weighted by atomic mass is 9.99. The van der Waals surface area contributed by atoms with Crippen molar-refractivity contribution in [1.29, 1.82) is 0 Å². The molecule has 0 unspecified atom stereocenters. The lowest BCUT2D eigenvalue weighted by Gasteiger charge is -2.26. The molecule has 1 saturated heterocycles. The van der Waals surface area contributed by atoms with E-state index in [1.807, 2.05) is 42.5 Å². The summed E-state index contributed by atoms with van der Waals surface area (Å²) in [7, 11) is 0. The Balaban J connectivity index is 1.31. The van der Waals surface area contributed by atoms with Crippen molar-refractivity contribution in [1.82, 2.24) is 25.0 Å². The average molecular weight is 651 g/mol. The number of ether oxygens (including phenoxy) is 1. The molecule has 45 heavy (non-hydrogen) atoms. The molecule has 3 amide bonds. The molecule has 234 valence electrons. The summed E-state index contributed by atoms with van der Waals surface area (Å²) in [5.41, 5.74) is 3.20. The lowest BCUT2D eigenvalue weighted by Crippen LogP contribution is -2.38. The van der Waals surface area contributed by atoms with Crippen LogP contribution in [-0.2, 0) is 11.3 Å². The Hall–Kier alpha value is -4.29. The fourth-order valence-electron chi connectivity index (χ4n) is 4.91. The molecule has 1 aliphatic heterocycles. The van der Waals surface area contributed by atoms with Crippen LogP contribution in [0.4, 0.5) is 16.2 Å². The van der Waals surface area contributed by atoms with E-state index in [1.165, 1.54) is 23.1 Å². The summed E-state index contributed by atoms with van der Waals surface area (Å²) in [6.45, 7) is 6.95. The van der Waals surface area contributed by atoms with E-state index < -0.39 is 11.6 Å². The molecule has 1 fully saturated rings. The molecular weight excluding hydrogens is 617 g/mol. The van der Waals surface area contributed by atoms with Gasteiger partial charge in [0, 0.05) is 49.7 Å². The molecule has 0 atom stereocenters. The summed E-state index contributed by atoms with van der Waals surface area (Å²) in [6, 6.07) is 15.8. The number of rotatable bonds is 10. The number of urea groups is 1. The predicted octanol–water partition coefficient (Wildman–Crippen LogP) is 5.40. The molecule has 0 saturated carbocycles. The Morgan fingerprint density at radius 1 is 0.933 bits per heavy atom. The normalized spacial score (nSPS) is 13.3. The minimum absolute atomic E-state index is 0.0262. The van der Waals surface area contributed by atoms with Gasteiger partial charge in [0.15, 0.2) is 0 Å². The molecule has 3 heterocycles. The summed E-state index contributed by atoms with van der Waals surface area (Å²) in [4.78, 5) is 44.9. The highest BCUT2D eigenvalue weighted by molar-refractivity contribution is 6.39. The lowest BCUT2D eigenvalue weighted by molar-refractivity contribution is 0.0374. The standard InChI is InChI=1S/C32H33Cl2N7O4/c1-2-41-31(43)28(37-32(44)38-29-25(33)19-35-20-26(29)34)18-27(39-41)23-8-3-6-21(16-23)22-7-4-9-24(17-22)30(42)36-10-5-11-40-12-14-45-15-13-40/h3-4,6-9,16-20H,2,5,10-15H2,1H3,(H,36,42)(H2,35,37,38,44). The van der Waals surface area contributed by atoms with Crippen LogP contribution in [0.2, 0.25) is 10.0 Å². The van der Waals surface area contributed by atoms with Crippen molar-refractivity contribution >= 4 is 46.5 Å². The molecular formula is C32H33Cl2N7O4. The van der Waals surface area contributed by atoms with Gasteiger partial charge >= 0.3 is 6.03 Å². The number of carbonyl (C=O) groups excluding carboxylic acids is 2. The quantitative estimate of drug-likeness (QED) is 0.196. The number of morpholine rings is 1. The number of benzene rings is 2. The number of halogens is 2. The molecule has 0 aliphatic carbocycles. The smallest absolute Gasteiger partial charge is 0.323 e. The minimum atomic E-state index is -0.702. The van der Waals surface area contributed by atoms with E-state index >= 15 is 0 Å². The van der Waals surface area contributed by atoms with Gasteiger partial charge in [-0.3, -0.25) is 19.5 Å². The predicted molar refractivity (Wildman–Crippen MR) is 176 cm³/mol. The molecule has 0 spiro atoms. The molecule has 13 heteroatoms. The van der Waals surface area contributed by atoms with Crippen molar-refractivity contribution in [2.45, 2.75) is 19.9 Å². The number of amides is 3. The molecule has 11 nitrogen and oxygen atoms in total. The van der Waals surface area contributed by atoms with Crippen molar-refractivity contribution in [2.24, 2.45) is 0 Å². The Morgan fingerprint density at radius 2 is 1.62 bits per heavy atom. The van der Waals surface area contributed by atoms with Crippen molar-refractivity contribution in [3.63, 3.8) is 0 Å². The van der Waals surface area contributed by atoms with Gasteiger partial charge in [0.05, 0.1) is 34.6 Å². The zero-order chi connectivity index (χ0) is 31.8. The number of aromatic nitrogens is 3. The van der Waals surface area contributed by atoms with E-state index in [0.29, 0.717) is 17.8 Å². The highest BCUT2D eigenvalue weighted by Crippen LogP contribution is 2.29. The fraction of sp³-hybridized carbons (Fsp3) is 0.281. The molecule has 4 aromatic rings. The molecule has 0 radical (unpaired) electrons. The molecule has 5 rings (SSSR count). The second kappa shape index (κ2) is 15.1. The Bertz CT molecular complexity index is 1720. The van der Waals surface area contributed by atoms with Crippen LogP contribution in [0.25, 0.3) is 22.4 Å². The Morgan fingerprint density at radius 3 is 2.36 bits per heavy atom. The van der Waals surface area contributed by atoms with E-state index in [-0.39, 0.29) is 33.9 Å². The van der Waals surface area contributed by atoms with Crippen LogP contribution in [-0.4, -0.2) is 71.0 Å². The zero-order valence-corrected chi connectivity index (χ0v) is 26.2. The number of hydrogen-bond donors (Lipinski definition) is 3. The molecule has 0 bridgehead atoms. The molecule has 2 aromatic heterocycles. The van der Waals surface area contributed by atoms with Crippen LogP contribution < -0.4 is 21.5 Å². The Kier molecular flexibility index (Phi) is 10.8. The first kappa shape index (κ1) is 32.1. The summed E-state index contributed by atoms with van der Waals surface area (Å²) < 4.78 is 6.66. The van der Waals surface area contributed by atoms with Gasteiger partial charge < -0.3 is 20.7 Å². The van der Waals surface area contributed by atoms with Gasteiger partial charge in [-0.25, -0.2) is 9.48 Å². The second-order valence-corrected chi connectivity index (χ2v) is 11.2. The fourth-order valence-corrected chi connectivity index (χ4v) is 5.37. The van der Waals surface area contributed by atoms with Gasteiger partial charge in [-0.15, -0.1) is 0 Å². The maximum absolute atomic E-state index is 13.0. The van der Waals surface area contributed by atoms with Crippen LogP contribution in [0.3, 0.4) is 0 Å². The number of aryl methyl sites for hydroxylation is 1. The highest BCUT2D eigenvalue weighted by Gasteiger charge is 2.16. The first-order valence-electron chi connectivity index (χ1n) is 14.6. The zero-order valence-electron chi connectivity index (χ0n) is 24.7. The number of pyridine rings is 1. The minimum Gasteiger partial charge on any atom is -0.379 e. The molecule has 1 aliphatic rings. The summed E-state index contributed by atoms with van der Waals surface area (Å²) in [5.74, 6) is -0.130. The van der Waals surface area contributed by atoms with Crippen molar-refractivity contribution in [3.8, 4) is 22.4 Å². The summed E-state index contributed by atoms with van der Waals surface area (Å²) >= 11 is 12.2. The number of anilines is 2. The Labute approximate surface area is 270 Å². The molecule has 2 aromatic carbocycles. The SMILES string of the molecule is CCn1nc(-c2cccc(-c3cccc(C(=O)NCCCN4CCOCC4)c3)c2)cc(NC(=O)Nc2c(Cl)cncc2Cl)c1=O. The average Bonchev–Trinajstić information content (AvgIpc) is 3.06. The van der Waals surface area contributed by atoms with E-state index in [4.69, 9.17) is 27.9 Å². The van der Waals surface area contributed by atoms with Crippen LogP contribution in [0, 0.1) is 0 Å². The van der Waals surface area contributed by atoms with Crippen molar-refractivity contribution < 1.29 is 14.3 Å². The number of carbonyl (C=O) groups is 2. The number of nitrogens with one attached hydrogen (secondary N) is 3. The van der Waals surface area contributed by atoms with Crippen LogP contribution >= 0.6 is 23.2 Å². The van der Waals surface area contributed by atoms with Gasteiger partial charge in [-0.2, -0.15) is 5.10 Å². The van der Waals surface area contributed by atoms with Gasteiger partial charge in [-0.1, -0.05) is 53.5 Å². The van der Waals surface area contributed by atoms with Crippen molar-refractivity contribution in [3.05, 3.63) is 93.0 Å². The third kappa shape index (κ3) is 8.25. The van der Waals surface area contributed by atoms with Crippen LogP contribution in [0.1, 0.15) is 23.7 Å². The van der Waals surface area contributed by atoms with Gasteiger partial charge in [0.25, 0.3) is 11.5 Å². The third-order valence-electron chi connectivity index (χ3n) is 7.27. The van der Waals surface area contributed by atoms with Gasteiger partial charge in [0.2, 0.25) is 0 Å². The highest BCUT2D eigenvalue weighted by atomic mass is 35.5. The molecule has 3 N–H and O–H groups in total. The first-order chi connectivity index (χ1) is 21.8.